The molecule has 34 heavy (non-hydrogen) atoms. The summed E-state index contributed by atoms with van der Waals surface area (Å²) in [5.74, 6) is 0.115. The lowest BCUT2D eigenvalue weighted by molar-refractivity contribution is 0.0858. The number of rotatable bonds is 8. The number of nitrogens with one attached hydrogen (secondary N) is 2. The van der Waals surface area contributed by atoms with Crippen LogP contribution >= 0.6 is 11.6 Å². The number of hydrogen-bond acceptors (Lipinski definition) is 6. The molecule has 1 atom stereocenters. The molecule has 1 saturated heterocycles. The van der Waals surface area contributed by atoms with Gasteiger partial charge < -0.3 is 20.1 Å². The molecule has 1 aliphatic rings. The summed E-state index contributed by atoms with van der Waals surface area (Å²) in [5, 5.41) is 10.9. The topological polar surface area (TPSA) is 94.5 Å². The fraction of sp³-hybridized carbons (Fsp3) is 0.320. The fourth-order valence-corrected chi connectivity index (χ4v) is 3.79. The number of nitrogens with zero attached hydrogens (tertiary/aromatic N) is 2. The molecule has 9 heteroatoms. The first kappa shape index (κ1) is 23.8. The van der Waals surface area contributed by atoms with Crippen molar-refractivity contribution in [3.05, 3.63) is 75.7 Å². The minimum atomic E-state index is -0.395. The number of hydrogen-bond donors (Lipinski definition) is 2. The van der Waals surface area contributed by atoms with Crippen LogP contribution in [0.3, 0.4) is 0 Å². The van der Waals surface area contributed by atoms with Gasteiger partial charge in [0.25, 0.3) is 11.5 Å². The van der Waals surface area contributed by atoms with Gasteiger partial charge in [-0.2, -0.15) is 9.78 Å². The quantitative estimate of drug-likeness (QED) is 0.496. The Morgan fingerprint density at radius 2 is 2.06 bits per heavy atom. The molecule has 0 spiro atoms. The normalized spacial score (nSPS) is 15.4. The zero-order chi connectivity index (χ0) is 24.1. The number of carbonyl (C=O) groups excluding carboxylic acids is 1. The van der Waals surface area contributed by atoms with Gasteiger partial charge in [0.2, 0.25) is 0 Å². The Morgan fingerprint density at radius 1 is 1.26 bits per heavy atom. The summed E-state index contributed by atoms with van der Waals surface area (Å²) >= 11 is 5.98. The van der Waals surface area contributed by atoms with Crippen LogP contribution in [0, 0.1) is 0 Å². The molecule has 3 aromatic rings. The number of benzene rings is 2. The number of carbonyl (C=O) groups is 1. The molecule has 2 N–H and O–H groups in total. The van der Waals surface area contributed by atoms with Crippen LogP contribution in [0.2, 0.25) is 5.02 Å². The van der Waals surface area contributed by atoms with E-state index in [1.807, 2.05) is 13.8 Å². The van der Waals surface area contributed by atoms with Gasteiger partial charge >= 0.3 is 0 Å². The van der Waals surface area contributed by atoms with Gasteiger partial charge in [0.15, 0.2) is 11.4 Å². The minimum absolute atomic E-state index is 0.0594. The van der Waals surface area contributed by atoms with E-state index >= 15 is 0 Å². The number of anilines is 2. The third-order valence-corrected chi connectivity index (χ3v) is 5.54. The maximum atomic E-state index is 13.4. The number of aromatic nitrogens is 2. The summed E-state index contributed by atoms with van der Waals surface area (Å²) in [5.41, 5.74) is 1.44. The first-order valence-corrected chi connectivity index (χ1v) is 11.6. The van der Waals surface area contributed by atoms with Crippen molar-refractivity contribution in [2.75, 3.05) is 18.5 Å². The van der Waals surface area contributed by atoms with Crippen LogP contribution in [0.1, 0.15) is 37.0 Å². The van der Waals surface area contributed by atoms with Crippen molar-refractivity contribution in [2.45, 2.75) is 38.9 Å². The zero-order valence-corrected chi connectivity index (χ0v) is 19.8. The Labute approximate surface area is 202 Å². The average Bonchev–Trinajstić information content (AvgIpc) is 3.34. The Morgan fingerprint density at radius 3 is 2.76 bits per heavy atom. The molecule has 1 fully saturated rings. The van der Waals surface area contributed by atoms with Crippen LogP contribution < -0.4 is 20.9 Å². The molecule has 1 aromatic heterocycles. The Hall–Kier alpha value is -3.36. The Kier molecular flexibility index (Phi) is 7.49. The maximum absolute atomic E-state index is 13.4. The molecule has 0 radical (unpaired) electrons. The molecule has 8 nitrogen and oxygen atoms in total. The highest BCUT2D eigenvalue weighted by atomic mass is 35.5. The van der Waals surface area contributed by atoms with Crippen molar-refractivity contribution in [2.24, 2.45) is 0 Å². The summed E-state index contributed by atoms with van der Waals surface area (Å²) in [6.45, 7) is 4.94. The lowest BCUT2D eigenvalue weighted by Crippen LogP contribution is -2.31. The van der Waals surface area contributed by atoms with Crippen molar-refractivity contribution in [3.63, 3.8) is 0 Å². The summed E-state index contributed by atoms with van der Waals surface area (Å²) in [4.78, 5) is 26.0. The van der Waals surface area contributed by atoms with Crippen LogP contribution in [0.4, 0.5) is 11.4 Å². The second kappa shape index (κ2) is 10.7. The van der Waals surface area contributed by atoms with E-state index in [1.54, 1.807) is 48.5 Å². The van der Waals surface area contributed by atoms with Gasteiger partial charge in [-0.3, -0.25) is 9.59 Å². The highest BCUT2D eigenvalue weighted by Crippen LogP contribution is 2.26. The average molecular weight is 483 g/mol. The van der Waals surface area contributed by atoms with Gasteiger partial charge in [-0.25, -0.2) is 0 Å². The van der Waals surface area contributed by atoms with E-state index in [-0.39, 0.29) is 23.8 Å². The zero-order valence-electron chi connectivity index (χ0n) is 19.1. The monoisotopic (exact) mass is 482 g/mol. The molecule has 1 amide bonds. The van der Waals surface area contributed by atoms with Gasteiger partial charge in [0.05, 0.1) is 24.1 Å². The third-order valence-electron chi connectivity index (χ3n) is 5.29. The highest BCUT2D eigenvalue weighted by Gasteiger charge is 2.18. The largest absolute Gasteiger partial charge is 0.487 e. The summed E-state index contributed by atoms with van der Waals surface area (Å²) in [7, 11) is 0. The molecule has 0 saturated carbocycles. The Balaban J connectivity index is 1.61. The van der Waals surface area contributed by atoms with Gasteiger partial charge in [0.1, 0.15) is 0 Å². The molecular weight excluding hydrogens is 456 g/mol. The van der Waals surface area contributed by atoms with Crippen molar-refractivity contribution in [3.8, 4) is 11.4 Å². The van der Waals surface area contributed by atoms with Crippen LogP contribution in [0.15, 0.2) is 59.5 Å². The van der Waals surface area contributed by atoms with Crippen molar-refractivity contribution in [1.82, 2.24) is 15.1 Å². The molecule has 0 bridgehead atoms. The molecule has 2 aromatic carbocycles. The second-order valence-electron chi connectivity index (χ2n) is 8.29. The van der Waals surface area contributed by atoms with E-state index in [9.17, 15) is 9.59 Å². The second-order valence-corrected chi connectivity index (χ2v) is 8.73. The van der Waals surface area contributed by atoms with E-state index < -0.39 is 5.56 Å². The van der Waals surface area contributed by atoms with Gasteiger partial charge in [-0.15, -0.1) is 0 Å². The summed E-state index contributed by atoms with van der Waals surface area (Å²) in [6.07, 6.45) is 3.35. The molecule has 0 aliphatic carbocycles. The van der Waals surface area contributed by atoms with Crippen molar-refractivity contribution in [1.29, 1.82) is 0 Å². The SMILES string of the molecule is CC(C)Oc1cnn(-c2ccc(Cl)cc2)c(=O)c1Nc1cccc(C(=O)NCC2CCCO2)c1. The molecule has 2 heterocycles. The molecule has 1 unspecified atom stereocenters. The molecule has 178 valence electrons. The third kappa shape index (κ3) is 5.76. The van der Waals surface area contributed by atoms with Crippen molar-refractivity contribution >= 4 is 28.9 Å². The van der Waals surface area contributed by atoms with Crippen LogP contribution in [-0.2, 0) is 4.74 Å². The Bertz CT molecular complexity index is 1200. The molecule has 4 rings (SSSR count). The maximum Gasteiger partial charge on any atom is 0.299 e. The molecule has 1 aliphatic heterocycles. The first-order chi connectivity index (χ1) is 16.4. The van der Waals surface area contributed by atoms with Gasteiger partial charge in [-0.1, -0.05) is 17.7 Å². The predicted molar refractivity (Wildman–Crippen MR) is 132 cm³/mol. The number of halogens is 1. The lowest BCUT2D eigenvalue weighted by atomic mass is 10.1. The minimum Gasteiger partial charge on any atom is -0.487 e. The van der Waals surface area contributed by atoms with E-state index in [1.165, 1.54) is 10.9 Å². The number of ether oxygens (including phenoxy) is 2. The van der Waals surface area contributed by atoms with E-state index in [0.717, 1.165) is 19.4 Å². The first-order valence-electron chi connectivity index (χ1n) is 11.2. The van der Waals surface area contributed by atoms with Gasteiger partial charge in [-0.05, 0) is 69.2 Å². The van der Waals surface area contributed by atoms with E-state index in [2.05, 4.69) is 15.7 Å². The standard InChI is InChI=1S/C25H27ClN4O4/c1-16(2)34-22-15-28-30(20-10-8-18(26)9-11-20)25(32)23(22)29-19-6-3-5-17(13-19)24(31)27-14-21-7-4-12-33-21/h3,5-6,8-11,13,15-16,21,29H,4,7,12,14H2,1-2H3,(H,27,31). The summed E-state index contributed by atoms with van der Waals surface area (Å²) in [6, 6.07) is 13.8. The van der Waals surface area contributed by atoms with Gasteiger partial charge in [0, 0.05) is 29.4 Å². The molecular formula is C25H27ClN4O4. The van der Waals surface area contributed by atoms with Crippen molar-refractivity contribution < 1.29 is 14.3 Å². The van der Waals surface area contributed by atoms with E-state index in [0.29, 0.717) is 34.3 Å². The van der Waals surface area contributed by atoms with E-state index in [4.69, 9.17) is 21.1 Å². The smallest absolute Gasteiger partial charge is 0.299 e. The summed E-state index contributed by atoms with van der Waals surface area (Å²) < 4.78 is 12.7. The van der Waals surface area contributed by atoms with Crippen LogP contribution in [0.5, 0.6) is 5.75 Å². The van der Waals surface area contributed by atoms with Crippen LogP contribution in [-0.4, -0.2) is 41.0 Å². The fourth-order valence-electron chi connectivity index (χ4n) is 3.66. The van der Waals surface area contributed by atoms with Crippen LogP contribution in [0.25, 0.3) is 5.69 Å². The predicted octanol–water partition coefficient (Wildman–Crippen LogP) is 4.33. The highest BCUT2D eigenvalue weighted by molar-refractivity contribution is 6.30. The number of amides is 1. The lowest BCUT2D eigenvalue weighted by Gasteiger charge is -2.17.